The summed E-state index contributed by atoms with van der Waals surface area (Å²) in [4.78, 5) is 14.0. The maximum absolute atomic E-state index is 10.2. The summed E-state index contributed by atoms with van der Waals surface area (Å²) in [5.41, 5.74) is 5.40. The van der Waals surface area contributed by atoms with E-state index in [1.54, 1.807) is 0 Å². The van der Waals surface area contributed by atoms with Crippen molar-refractivity contribution >= 4 is 11.5 Å². The van der Waals surface area contributed by atoms with Gasteiger partial charge in [-0.2, -0.15) is 0 Å². The highest BCUT2D eigenvalue weighted by atomic mass is 16.3. The molecule has 30 heavy (non-hydrogen) atoms. The first-order valence-electron chi connectivity index (χ1n) is 10.9. The lowest BCUT2D eigenvalue weighted by atomic mass is 9.89. The van der Waals surface area contributed by atoms with Crippen LogP contribution in [0.2, 0.25) is 0 Å². The predicted octanol–water partition coefficient (Wildman–Crippen LogP) is 2.14. The second kappa shape index (κ2) is 8.34. The van der Waals surface area contributed by atoms with Crippen molar-refractivity contribution in [2.45, 2.75) is 38.5 Å². The Morgan fingerprint density at radius 3 is 2.87 bits per heavy atom. The summed E-state index contributed by atoms with van der Waals surface area (Å²) in [6.07, 6.45) is 7.29. The Labute approximate surface area is 177 Å². The molecular weight excluding hydrogens is 376 g/mol. The summed E-state index contributed by atoms with van der Waals surface area (Å²) in [6, 6.07) is 8.66. The van der Waals surface area contributed by atoms with Crippen molar-refractivity contribution in [1.29, 1.82) is 0 Å². The van der Waals surface area contributed by atoms with Gasteiger partial charge >= 0.3 is 0 Å². The number of aryl methyl sites for hydroxylation is 1. The Morgan fingerprint density at radius 2 is 2.03 bits per heavy atom. The molecule has 7 heteroatoms. The fourth-order valence-electron chi connectivity index (χ4n) is 4.83. The van der Waals surface area contributed by atoms with Crippen LogP contribution in [-0.2, 0) is 19.6 Å². The highest BCUT2D eigenvalue weighted by Crippen LogP contribution is 2.30. The summed E-state index contributed by atoms with van der Waals surface area (Å²) in [5, 5.41) is 13.9. The number of nitrogens with one attached hydrogen (secondary N) is 1. The van der Waals surface area contributed by atoms with E-state index in [2.05, 4.69) is 49.7 Å². The number of nitrogens with zero attached hydrogens (tertiary/aromatic N) is 5. The number of pyridine rings is 2. The van der Waals surface area contributed by atoms with E-state index in [9.17, 15) is 5.11 Å². The van der Waals surface area contributed by atoms with Gasteiger partial charge in [0.25, 0.3) is 0 Å². The first-order valence-corrected chi connectivity index (χ1v) is 10.9. The van der Waals surface area contributed by atoms with Crippen LogP contribution in [0.1, 0.15) is 41.4 Å². The molecule has 0 spiro atoms. The molecule has 3 aromatic heterocycles. The molecule has 0 saturated carbocycles. The topological polar surface area (TPSA) is 68.9 Å². The molecule has 4 heterocycles. The Hall–Kier alpha value is -2.48. The number of aliphatic hydroxyl groups is 1. The van der Waals surface area contributed by atoms with Crippen molar-refractivity contribution in [3.63, 3.8) is 0 Å². The number of aliphatic hydroxyl groups excluding tert-OH is 1. The lowest BCUT2D eigenvalue weighted by Crippen LogP contribution is -2.45. The largest absolute Gasteiger partial charge is 0.390 e. The Kier molecular flexibility index (Phi) is 5.41. The molecule has 0 unspecified atom stereocenters. The van der Waals surface area contributed by atoms with Crippen LogP contribution in [0.15, 0.2) is 36.7 Å². The minimum atomic E-state index is -0.0221. The van der Waals surface area contributed by atoms with E-state index in [4.69, 9.17) is 4.98 Å². The van der Waals surface area contributed by atoms with Crippen molar-refractivity contribution in [3.05, 3.63) is 59.2 Å². The fourth-order valence-corrected chi connectivity index (χ4v) is 4.83. The molecular formula is C23H30N6O. The third-order valence-corrected chi connectivity index (χ3v) is 6.55. The van der Waals surface area contributed by atoms with Crippen LogP contribution in [-0.4, -0.2) is 57.6 Å². The van der Waals surface area contributed by atoms with Crippen LogP contribution in [0.25, 0.3) is 5.65 Å². The van der Waals surface area contributed by atoms with Gasteiger partial charge in [-0.3, -0.25) is 9.38 Å². The average Bonchev–Trinajstić information content (AvgIpc) is 3.16. The Morgan fingerprint density at radius 1 is 1.17 bits per heavy atom. The molecule has 3 aromatic rings. The van der Waals surface area contributed by atoms with Crippen molar-refractivity contribution < 1.29 is 5.11 Å². The molecule has 0 bridgehead atoms. The normalized spacial score (nSPS) is 19.9. The number of imidazole rings is 1. The number of aromatic nitrogens is 3. The Balaban J connectivity index is 1.42. The molecule has 0 aromatic carbocycles. The van der Waals surface area contributed by atoms with E-state index >= 15 is 0 Å². The van der Waals surface area contributed by atoms with E-state index < -0.39 is 0 Å². The first-order chi connectivity index (χ1) is 14.7. The molecule has 1 saturated heterocycles. The SMILES string of the molecule is CN1CCN(c2cccc3nc(CN[C@H]4CCCc5ccncc54)c(CO)n23)CC1. The summed E-state index contributed by atoms with van der Waals surface area (Å²) < 4.78 is 2.14. The van der Waals surface area contributed by atoms with Crippen LogP contribution in [0, 0.1) is 0 Å². The molecule has 5 rings (SSSR count). The summed E-state index contributed by atoms with van der Waals surface area (Å²) >= 11 is 0. The number of hydrogen-bond donors (Lipinski definition) is 2. The maximum atomic E-state index is 10.2. The molecule has 0 amide bonds. The van der Waals surface area contributed by atoms with Crippen LogP contribution in [0.5, 0.6) is 0 Å². The summed E-state index contributed by atoms with van der Waals surface area (Å²) in [5.74, 6) is 1.12. The number of fused-ring (bicyclic) bond motifs is 2. The number of piperazine rings is 1. The third-order valence-electron chi connectivity index (χ3n) is 6.55. The van der Waals surface area contributed by atoms with Gasteiger partial charge in [0.05, 0.1) is 18.0 Å². The van der Waals surface area contributed by atoms with Crippen LogP contribution < -0.4 is 10.2 Å². The van der Waals surface area contributed by atoms with Gasteiger partial charge in [0, 0.05) is 51.2 Å². The highest BCUT2D eigenvalue weighted by Gasteiger charge is 2.23. The van der Waals surface area contributed by atoms with Crippen LogP contribution in [0.4, 0.5) is 5.82 Å². The summed E-state index contributed by atoms with van der Waals surface area (Å²) in [6.45, 7) is 4.67. The monoisotopic (exact) mass is 406 g/mol. The van der Waals surface area contributed by atoms with Gasteiger partial charge in [0.1, 0.15) is 11.5 Å². The fraction of sp³-hybridized carbons (Fsp3) is 0.478. The minimum absolute atomic E-state index is 0.0221. The second-order valence-corrected chi connectivity index (χ2v) is 8.43. The van der Waals surface area contributed by atoms with Gasteiger partial charge < -0.3 is 20.2 Å². The molecule has 1 atom stereocenters. The Bertz CT molecular complexity index is 1020. The van der Waals surface area contributed by atoms with Gasteiger partial charge in [-0.25, -0.2) is 4.98 Å². The molecule has 2 N–H and O–H groups in total. The zero-order valence-corrected chi connectivity index (χ0v) is 17.6. The third kappa shape index (κ3) is 3.57. The van der Waals surface area contributed by atoms with Crippen molar-refractivity contribution in [3.8, 4) is 0 Å². The lowest BCUT2D eigenvalue weighted by molar-refractivity contribution is 0.273. The van der Waals surface area contributed by atoms with Crippen molar-refractivity contribution in [1.82, 2.24) is 24.6 Å². The number of likely N-dealkylation sites (N-methyl/N-ethyl adjacent to an activating group) is 1. The molecule has 1 aliphatic carbocycles. The standard InChI is InChI=1S/C23H30N6O/c1-27-10-12-28(13-11-27)23-7-3-6-22-26-20(21(16-30)29(22)23)15-25-19-5-2-4-17-8-9-24-14-18(17)19/h3,6-9,14,19,25,30H,2,4-5,10-13,15-16H2,1H3/t19-/m0/s1. The van der Waals surface area contributed by atoms with E-state index in [0.29, 0.717) is 6.54 Å². The van der Waals surface area contributed by atoms with E-state index in [1.165, 1.54) is 17.5 Å². The average molecular weight is 407 g/mol. The molecule has 1 fully saturated rings. The molecule has 0 radical (unpaired) electrons. The van der Waals surface area contributed by atoms with E-state index in [0.717, 1.165) is 61.9 Å². The quantitative estimate of drug-likeness (QED) is 0.677. The predicted molar refractivity (Wildman–Crippen MR) is 118 cm³/mol. The van der Waals surface area contributed by atoms with Gasteiger partial charge in [-0.15, -0.1) is 0 Å². The highest BCUT2D eigenvalue weighted by molar-refractivity contribution is 5.55. The minimum Gasteiger partial charge on any atom is -0.390 e. The second-order valence-electron chi connectivity index (χ2n) is 8.43. The van der Waals surface area contributed by atoms with Gasteiger partial charge in [-0.05, 0) is 55.6 Å². The zero-order chi connectivity index (χ0) is 20.5. The molecule has 7 nitrogen and oxygen atoms in total. The molecule has 158 valence electrons. The lowest BCUT2D eigenvalue weighted by Gasteiger charge is -2.34. The molecule has 2 aliphatic rings. The van der Waals surface area contributed by atoms with Gasteiger partial charge in [0.15, 0.2) is 0 Å². The maximum Gasteiger partial charge on any atom is 0.138 e. The number of rotatable bonds is 5. The van der Waals surface area contributed by atoms with Gasteiger partial charge in [-0.1, -0.05) is 6.07 Å². The first kappa shape index (κ1) is 19.5. The number of hydrogen-bond acceptors (Lipinski definition) is 6. The number of anilines is 1. The zero-order valence-electron chi connectivity index (χ0n) is 17.6. The van der Waals surface area contributed by atoms with Crippen molar-refractivity contribution in [2.75, 3.05) is 38.1 Å². The van der Waals surface area contributed by atoms with E-state index in [-0.39, 0.29) is 12.6 Å². The summed E-state index contributed by atoms with van der Waals surface area (Å²) in [7, 11) is 2.16. The van der Waals surface area contributed by atoms with Crippen LogP contribution in [0.3, 0.4) is 0 Å². The smallest absolute Gasteiger partial charge is 0.138 e. The van der Waals surface area contributed by atoms with Crippen LogP contribution >= 0.6 is 0 Å². The van der Waals surface area contributed by atoms with Crippen molar-refractivity contribution in [2.24, 2.45) is 0 Å². The van der Waals surface area contributed by atoms with E-state index in [1.807, 2.05) is 18.5 Å². The van der Waals surface area contributed by atoms with Gasteiger partial charge in [0.2, 0.25) is 0 Å². The molecule has 1 aliphatic heterocycles.